The molecule has 2 rings (SSSR count). The number of piperidine rings is 1. The Labute approximate surface area is 119 Å². The molecule has 0 aromatic heterocycles. The molecule has 1 fully saturated rings. The van der Waals surface area contributed by atoms with Crippen LogP contribution in [0, 0.1) is 0 Å². The van der Waals surface area contributed by atoms with Gasteiger partial charge in [-0.2, -0.15) is 4.31 Å². The number of carbonyl (C=O) groups is 1. The van der Waals surface area contributed by atoms with E-state index in [1.54, 1.807) is 6.07 Å². The minimum atomic E-state index is -3.60. The molecule has 5 nitrogen and oxygen atoms in total. The minimum absolute atomic E-state index is 0.0783. The Morgan fingerprint density at radius 1 is 1.20 bits per heavy atom. The highest BCUT2D eigenvalue weighted by Crippen LogP contribution is 2.29. The molecule has 0 aliphatic carbocycles. The molecule has 110 valence electrons. The van der Waals surface area contributed by atoms with Crippen LogP contribution in [-0.4, -0.2) is 38.7 Å². The SMILES string of the molecule is COc1ccc(C(C)=O)cc1S(=O)(=O)N1CCCCC1. The molecular formula is C14H19NO4S. The molecule has 1 aliphatic rings. The van der Waals surface area contributed by atoms with Crippen molar-refractivity contribution in [3.8, 4) is 5.75 Å². The quantitative estimate of drug-likeness (QED) is 0.798. The fourth-order valence-electron chi connectivity index (χ4n) is 2.34. The van der Waals surface area contributed by atoms with Crippen molar-refractivity contribution in [3.63, 3.8) is 0 Å². The van der Waals surface area contributed by atoms with Crippen LogP contribution < -0.4 is 4.74 Å². The van der Waals surface area contributed by atoms with Gasteiger partial charge in [0.15, 0.2) is 5.78 Å². The largest absolute Gasteiger partial charge is 0.495 e. The zero-order valence-electron chi connectivity index (χ0n) is 11.8. The van der Waals surface area contributed by atoms with Gasteiger partial charge in [-0.1, -0.05) is 6.42 Å². The molecule has 6 heteroatoms. The van der Waals surface area contributed by atoms with E-state index in [-0.39, 0.29) is 16.4 Å². The summed E-state index contributed by atoms with van der Waals surface area (Å²) < 4.78 is 32.0. The fraction of sp³-hybridized carbons (Fsp3) is 0.500. The first-order chi connectivity index (χ1) is 9.46. The van der Waals surface area contributed by atoms with Crippen LogP contribution in [0.4, 0.5) is 0 Å². The van der Waals surface area contributed by atoms with E-state index in [4.69, 9.17) is 4.74 Å². The summed E-state index contributed by atoms with van der Waals surface area (Å²) in [5.74, 6) is 0.114. The lowest BCUT2D eigenvalue weighted by Gasteiger charge is -2.26. The van der Waals surface area contributed by atoms with Gasteiger partial charge in [0.25, 0.3) is 0 Å². The number of rotatable bonds is 4. The lowest BCUT2D eigenvalue weighted by molar-refractivity contribution is 0.101. The number of carbonyl (C=O) groups excluding carboxylic acids is 1. The van der Waals surface area contributed by atoms with Crippen molar-refractivity contribution in [1.29, 1.82) is 0 Å². The predicted molar refractivity (Wildman–Crippen MR) is 75.6 cm³/mol. The molecule has 0 saturated carbocycles. The van der Waals surface area contributed by atoms with Crippen molar-refractivity contribution in [2.75, 3.05) is 20.2 Å². The molecule has 20 heavy (non-hydrogen) atoms. The maximum atomic E-state index is 12.7. The van der Waals surface area contributed by atoms with Gasteiger partial charge in [0, 0.05) is 18.7 Å². The number of hydrogen-bond acceptors (Lipinski definition) is 4. The monoisotopic (exact) mass is 297 g/mol. The molecule has 0 N–H and O–H groups in total. The third kappa shape index (κ3) is 2.86. The van der Waals surface area contributed by atoms with Gasteiger partial charge in [-0.3, -0.25) is 4.79 Å². The summed E-state index contributed by atoms with van der Waals surface area (Å²) in [6.07, 6.45) is 2.79. The molecular weight excluding hydrogens is 278 g/mol. The van der Waals surface area contributed by atoms with Gasteiger partial charge in [0.2, 0.25) is 10.0 Å². The van der Waals surface area contributed by atoms with E-state index in [1.807, 2.05) is 0 Å². The Kier molecular flexibility index (Phi) is 4.45. The normalized spacial score (nSPS) is 16.9. The first-order valence-electron chi connectivity index (χ1n) is 6.66. The number of methoxy groups -OCH3 is 1. The maximum Gasteiger partial charge on any atom is 0.246 e. The minimum Gasteiger partial charge on any atom is -0.495 e. The first kappa shape index (κ1) is 15.0. The highest BCUT2D eigenvalue weighted by molar-refractivity contribution is 7.89. The molecule has 1 aliphatic heterocycles. The van der Waals surface area contributed by atoms with Crippen molar-refractivity contribution >= 4 is 15.8 Å². The number of hydrogen-bond donors (Lipinski definition) is 0. The van der Waals surface area contributed by atoms with Crippen molar-refractivity contribution in [3.05, 3.63) is 23.8 Å². The molecule has 0 unspecified atom stereocenters. The molecule has 0 radical (unpaired) electrons. The summed E-state index contributed by atoms with van der Waals surface area (Å²) in [6, 6.07) is 4.52. The molecule has 1 aromatic rings. The number of ketones is 1. The molecule has 1 aromatic carbocycles. The van der Waals surface area contributed by atoms with E-state index in [0.29, 0.717) is 18.7 Å². The molecule has 0 amide bonds. The molecule has 0 atom stereocenters. The van der Waals surface area contributed by atoms with Gasteiger partial charge in [-0.05, 0) is 38.0 Å². The van der Waals surface area contributed by atoms with Crippen LogP contribution in [0.25, 0.3) is 0 Å². The Morgan fingerprint density at radius 2 is 1.85 bits per heavy atom. The van der Waals surface area contributed by atoms with Gasteiger partial charge in [-0.25, -0.2) is 8.42 Å². The summed E-state index contributed by atoms with van der Waals surface area (Å²) in [6.45, 7) is 2.46. The molecule has 0 spiro atoms. The van der Waals surface area contributed by atoms with Gasteiger partial charge < -0.3 is 4.74 Å². The average Bonchev–Trinajstić information content (AvgIpc) is 2.47. The van der Waals surface area contributed by atoms with Crippen LogP contribution >= 0.6 is 0 Å². The Bertz CT molecular complexity index is 604. The Hall–Kier alpha value is -1.40. The zero-order valence-corrected chi connectivity index (χ0v) is 12.6. The van der Waals surface area contributed by atoms with E-state index < -0.39 is 10.0 Å². The number of sulfonamides is 1. The van der Waals surface area contributed by atoms with Crippen LogP contribution in [0.1, 0.15) is 36.5 Å². The highest BCUT2D eigenvalue weighted by atomic mass is 32.2. The van der Waals surface area contributed by atoms with Gasteiger partial charge in [0.05, 0.1) is 7.11 Å². The standard InChI is InChI=1S/C14H19NO4S/c1-11(16)12-6-7-13(19-2)14(10-12)20(17,18)15-8-4-3-5-9-15/h6-7,10H,3-5,8-9H2,1-2H3. The summed E-state index contributed by atoms with van der Waals surface area (Å²) in [7, 11) is -2.18. The predicted octanol–water partition coefficient (Wildman–Crippen LogP) is 2.07. The smallest absolute Gasteiger partial charge is 0.246 e. The summed E-state index contributed by atoms with van der Waals surface area (Å²) in [5.41, 5.74) is 0.376. The number of nitrogens with zero attached hydrogens (tertiary/aromatic N) is 1. The third-order valence-electron chi connectivity index (χ3n) is 3.50. The van der Waals surface area contributed by atoms with Crippen LogP contribution in [0.3, 0.4) is 0 Å². The van der Waals surface area contributed by atoms with E-state index in [9.17, 15) is 13.2 Å². The van der Waals surface area contributed by atoms with Gasteiger partial charge in [0.1, 0.15) is 10.6 Å². The van der Waals surface area contributed by atoms with E-state index >= 15 is 0 Å². The fourth-order valence-corrected chi connectivity index (χ4v) is 4.04. The number of benzene rings is 1. The second kappa shape index (κ2) is 5.93. The zero-order chi connectivity index (χ0) is 14.8. The lowest BCUT2D eigenvalue weighted by atomic mass is 10.1. The lowest BCUT2D eigenvalue weighted by Crippen LogP contribution is -2.35. The van der Waals surface area contributed by atoms with E-state index in [2.05, 4.69) is 0 Å². The Balaban J connectivity index is 2.48. The van der Waals surface area contributed by atoms with E-state index in [0.717, 1.165) is 19.3 Å². The second-order valence-corrected chi connectivity index (χ2v) is 6.79. The first-order valence-corrected chi connectivity index (χ1v) is 8.10. The van der Waals surface area contributed by atoms with Crippen LogP contribution in [0.2, 0.25) is 0 Å². The summed E-state index contributed by atoms with van der Waals surface area (Å²) in [5, 5.41) is 0. The van der Waals surface area contributed by atoms with Crippen LogP contribution in [0.5, 0.6) is 5.75 Å². The molecule has 1 heterocycles. The van der Waals surface area contributed by atoms with Crippen LogP contribution in [0.15, 0.2) is 23.1 Å². The molecule has 0 bridgehead atoms. The van der Waals surface area contributed by atoms with Crippen molar-refractivity contribution in [2.45, 2.75) is 31.1 Å². The number of Topliss-reactive ketones (excluding diaryl/α,β-unsaturated/α-hetero) is 1. The average molecular weight is 297 g/mol. The van der Waals surface area contributed by atoms with Crippen molar-refractivity contribution in [1.82, 2.24) is 4.31 Å². The van der Waals surface area contributed by atoms with Crippen LogP contribution in [-0.2, 0) is 10.0 Å². The topological polar surface area (TPSA) is 63.7 Å². The van der Waals surface area contributed by atoms with Gasteiger partial charge in [-0.15, -0.1) is 0 Å². The second-order valence-electron chi connectivity index (χ2n) is 4.89. The number of ether oxygens (including phenoxy) is 1. The summed E-state index contributed by atoms with van der Waals surface area (Å²) in [4.78, 5) is 11.5. The Morgan fingerprint density at radius 3 is 2.40 bits per heavy atom. The van der Waals surface area contributed by atoms with Gasteiger partial charge >= 0.3 is 0 Å². The highest BCUT2D eigenvalue weighted by Gasteiger charge is 2.29. The van der Waals surface area contributed by atoms with E-state index in [1.165, 1.54) is 30.5 Å². The van der Waals surface area contributed by atoms with Crippen molar-refractivity contribution < 1.29 is 17.9 Å². The summed E-state index contributed by atoms with van der Waals surface area (Å²) >= 11 is 0. The van der Waals surface area contributed by atoms with Crippen molar-refractivity contribution in [2.24, 2.45) is 0 Å². The molecule has 1 saturated heterocycles. The third-order valence-corrected chi connectivity index (χ3v) is 5.42. The maximum absolute atomic E-state index is 12.7.